The normalized spacial score (nSPS) is 10.8. The van der Waals surface area contributed by atoms with E-state index < -0.39 is 0 Å². The van der Waals surface area contributed by atoms with Gasteiger partial charge in [-0.25, -0.2) is 4.98 Å². The Morgan fingerprint density at radius 1 is 0.968 bits per heavy atom. The lowest BCUT2D eigenvalue weighted by molar-refractivity contribution is 0.0952. The largest absolute Gasteiger partial charge is 0.496 e. The van der Waals surface area contributed by atoms with Gasteiger partial charge in [0.1, 0.15) is 10.8 Å². The van der Waals surface area contributed by atoms with Gasteiger partial charge in [0.25, 0.3) is 5.91 Å². The average molecular weight is 447 g/mol. The molecule has 1 amide bonds. The summed E-state index contributed by atoms with van der Waals surface area (Å²) in [6.45, 7) is 0.387. The molecule has 4 nitrogen and oxygen atoms in total. The van der Waals surface area contributed by atoms with Gasteiger partial charge in [0, 0.05) is 27.3 Å². The van der Waals surface area contributed by atoms with E-state index in [1.54, 1.807) is 30.6 Å². The standard InChI is InChI=1S/C25H22N2O2S2/c1-29-23-13-6-3-8-17(23)16-26-25(28)21-15-24(27-22-12-5-4-11-20(21)22)31-19-10-7-9-18(14-19)30-2/h3-15H,16H2,1-2H3,(H,26,28). The van der Waals surface area contributed by atoms with E-state index in [2.05, 4.69) is 29.8 Å². The molecule has 0 bridgehead atoms. The van der Waals surface area contributed by atoms with Gasteiger partial charge in [-0.15, -0.1) is 11.8 Å². The Bertz CT molecular complexity index is 1230. The highest BCUT2D eigenvalue weighted by Crippen LogP contribution is 2.31. The van der Waals surface area contributed by atoms with E-state index in [9.17, 15) is 4.79 Å². The summed E-state index contributed by atoms with van der Waals surface area (Å²) in [5.74, 6) is 0.622. The van der Waals surface area contributed by atoms with Crippen molar-refractivity contribution in [1.82, 2.24) is 10.3 Å². The number of fused-ring (bicyclic) bond motifs is 1. The van der Waals surface area contributed by atoms with Crippen molar-refractivity contribution >= 4 is 40.3 Å². The lowest BCUT2D eigenvalue weighted by atomic mass is 10.1. The molecule has 0 fully saturated rings. The molecule has 3 aromatic carbocycles. The number of para-hydroxylation sites is 2. The van der Waals surface area contributed by atoms with Crippen LogP contribution in [-0.2, 0) is 6.54 Å². The third kappa shape index (κ3) is 5.03. The van der Waals surface area contributed by atoms with E-state index in [1.807, 2.05) is 60.7 Å². The van der Waals surface area contributed by atoms with E-state index in [1.165, 1.54) is 4.90 Å². The van der Waals surface area contributed by atoms with Crippen LogP contribution < -0.4 is 10.1 Å². The molecule has 0 aliphatic rings. The number of nitrogens with one attached hydrogen (secondary N) is 1. The quantitative estimate of drug-likeness (QED) is 0.350. The molecule has 1 heterocycles. The number of amides is 1. The second-order valence-corrected chi connectivity index (χ2v) is 8.77. The van der Waals surface area contributed by atoms with E-state index >= 15 is 0 Å². The summed E-state index contributed by atoms with van der Waals surface area (Å²) in [6.07, 6.45) is 2.06. The molecule has 0 unspecified atom stereocenters. The van der Waals surface area contributed by atoms with Crippen LogP contribution in [0, 0.1) is 0 Å². The molecular weight excluding hydrogens is 424 g/mol. The molecule has 4 aromatic rings. The first kappa shape index (κ1) is 21.3. The van der Waals surface area contributed by atoms with E-state index in [0.29, 0.717) is 12.1 Å². The number of aromatic nitrogens is 1. The summed E-state index contributed by atoms with van der Waals surface area (Å²) >= 11 is 3.26. The van der Waals surface area contributed by atoms with Crippen molar-refractivity contribution in [3.63, 3.8) is 0 Å². The minimum absolute atomic E-state index is 0.135. The summed E-state index contributed by atoms with van der Waals surface area (Å²) in [4.78, 5) is 20.2. The molecule has 0 radical (unpaired) electrons. The predicted octanol–water partition coefficient (Wildman–Crippen LogP) is 6.05. The molecule has 0 saturated heterocycles. The summed E-state index contributed by atoms with van der Waals surface area (Å²) in [5.41, 5.74) is 2.35. The van der Waals surface area contributed by atoms with Gasteiger partial charge >= 0.3 is 0 Å². The number of benzene rings is 3. The van der Waals surface area contributed by atoms with Crippen molar-refractivity contribution in [2.45, 2.75) is 21.4 Å². The monoisotopic (exact) mass is 446 g/mol. The third-order valence-electron chi connectivity index (χ3n) is 4.83. The minimum atomic E-state index is -0.135. The fourth-order valence-corrected chi connectivity index (χ4v) is 4.73. The molecule has 1 aromatic heterocycles. The van der Waals surface area contributed by atoms with Crippen LogP contribution >= 0.6 is 23.5 Å². The Kier molecular flexibility index (Phi) is 6.79. The molecule has 4 rings (SSSR count). The summed E-state index contributed by atoms with van der Waals surface area (Å²) in [6, 6.07) is 25.6. The van der Waals surface area contributed by atoms with Crippen LogP contribution in [0.2, 0.25) is 0 Å². The number of nitrogens with zero attached hydrogens (tertiary/aromatic N) is 1. The van der Waals surface area contributed by atoms with Crippen LogP contribution in [0.25, 0.3) is 10.9 Å². The summed E-state index contributed by atoms with van der Waals surface area (Å²) in [7, 11) is 1.63. The number of hydrogen-bond acceptors (Lipinski definition) is 5. The van der Waals surface area contributed by atoms with Gasteiger partial charge < -0.3 is 10.1 Å². The van der Waals surface area contributed by atoms with Crippen LogP contribution in [0.3, 0.4) is 0 Å². The number of ether oxygens (including phenoxy) is 1. The topological polar surface area (TPSA) is 51.2 Å². The zero-order valence-electron chi connectivity index (χ0n) is 17.3. The van der Waals surface area contributed by atoms with E-state index in [-0.39, 0.29) is 5.91 Å². The molecule has 0 atom stereocenters. The highest BCUT2D eigenvalue weighted by atomic mass is 32.2. The molecule has 0 spiro atoms. The molecule has 6 heteroatoms. The SMILES string of the molecule is COc1ccccc1CNC(=O)c1cc(Sc2cccc(SC)c2)nc2ccccc12. The van der Waals surface area contributed by atoms with Gasteiger partial charge in [-0.2, -0.15) is 0 Å². The highest BCUT2D eigenvalue weighted by Gasteiger charge is 2.14. The number of thioether (sulfide) groups is 1. The number of carbonyl (C=O) groups is 1. The van der Waals surface area contributed by atoms with Crippen LogP contribution in [0.1, 0.15) is 15.9 Å². The molecule has 0 saturated carbocycles. The highest BCUT2D eigenvalue weighted by molar-refractivity contribution is 7.99. The molecular formula is C25H22N2O2S2. The van der Waals surface area contributed by atoms with Crippen LogP contribution in [0.4, 0.5) is 0 Å². The van der Waals surface area contributed by atoms with Gasteiger partial charge in [0.15, 0.2) is 0 Å². The van der Waals surface area contributed by atoms with Gasteiger partial charge in [-0.1, -0.05) is 54.2 Å². The maximum atomic E-state index is 13.1. The van der Waals surface area contributed by atoms with Crippen LogP contribution in [-0.4, -0.2) is 24.3 Å². The summed E-state index contributed by atoms with van der Waals surface area (Å²) < 4.78 is 5.39. The molecule has 0 aliphatic heterocycles. The molecule has 0 aliphatic carbocycles. The Morgan fingerprint density at radius 2 is 1.74 bits per heavy atom. The smallest absolute Gasteiger partial charge is 0.252 e. The van der Waals surface area contributed by atoms with Crippen molar-refractivity contribution in [1.29, 1.82) is 0 Å². The predicted molar refractivity (Wildman–Crippen MR) is 128 cm³/mol. The van der Waals surface area contributed by atoms with E-state index in [0.717, 1.165) is 32.1 Å². The lowest BCUT2D eigenvalue weighted by Gasteiger charge is -2.12. The maximum absolute atomic E-state index is 13.1. The Morgan fingerprint density at radius 3 is 2.58 bits per heavy atom. The van der Waals surface area contributed by atoms with Crippen molar-refractivity contribution in [2.75, 3.05) is 13.4 Å². The minimum Gasteiger partial charge on any atom is -0.496 e. The second kappa shape index (κ2) is 9.90. The van der Waals surface area contributed by atoms with Gasteiger partial charge in [-0.05, 0) is 42.7 Å². The van der Waals surface area contributed by atoms with Gasteiger partial charge in [0.2, 0.25) is 0 Å². The maximum Gasteiger partial charge on any atom is 0.252 e. The van der Waals surface area contributed by atoms with Crippen molar-refractivity contribution in [2.24, 2.45) is 0 Å². The van der Waals surface area contributed by atoms with E-state index in [4.69, 9.17) is 9.72 Å². The Hall–Kier alpha value is -2.96. The fourth-order valence-electron chi connectivity index (χ4n) is 3.30. The van der Waals surface area contributed by atoms with Crippen LogP contribution in [0.5, 0.6) is 5.75 Å². The van der Waals surface area contributed by atoms with Gasteiger partial charge in [-0.3, -0.25) is 4.79 Å². The number of hydrogen-bond donors (Lipinski definition) is 1. The number of rotatable bonds is 7. The molecule has 156 valence electrons. The second-order valence-electron chi connectivity index (χ2n) is 6.80. The molecule has 1 N–H and O–H groups in total. The number of carbonyl (C=O) groups excluding carboxylic acids is 1. The molecule has 31 heavy (non-hydrogen) atoms. The van der Waals surface area contributed by atoms with Crippen LogP contribution in [0.15, 0.2) is 93.7 Å². The van der Waals surface area contributed by atoms with Crippen molar-refractivity contribution in [3.05, 3.63) is 90.0 Å². The first-order valence-corrected chi connectivity index (χ1v) is 11.8. The Balaban J connectivity index is 1.63. The first-order chi connectivity index (χ1) is 15.2. The zero-order chi connectivity index (χ0) is 21.6. The number of pyridine rings is 1. The third-order valence-corrected chi connectivity index (χ3v) is 6.47. The van der Waals surface area contributed by atoms with Gasteiger partial charge in [0.05, 0.1) is 18.2 Å². The lowest BCUT2D eigenvalue weighted by Crippen LogP contribution is -2.23. The van der Waals surface area contributed by atoms with Crippen molar-refractivity contribution in [3.8, 4) is 5.75 Å². The average Bonchev–Trinajstić information content (AvgIpc) is 2.82. The first-order valence-electron chi connectivity index (χ1n) is 9.79. The fraction of sp³-hybridized carbons (Fsp3) is 0.120. The Labute approximate surface area is 190 Å². The van der Waals surface area contributed by atoms with Crippen molar-refractivity contribution < 1.29 is 9.53 Å². The zero-order valence-corrected chi connectivity index (χ0v) is 18.9. The number of methoxy groups -OCH3 is 1. The summed E-state index contributed by atoms with van der Waals surface area (Å²) in [5, 5.41) is 4.66.